The van der Waals surface area contributed by atoms with Gasteiger partial charge >= 0.3 is 5.76 Å². The van der Waals surface area contributed by atoms with E-state index in [9.17, 15) is 17.2 Å². The lowest BCUT2D eigenvalue weighted by molar-refractivity contribution is 0.234. The monoisotopic (exact) mass is 320 g/mol. The van der Waals surface area contributed by atoms with E-state index in [4.69, 9.17) is 5.73 Å². The summed E-state index contributed by atoms with van der Waals surface area (Å²) < 4.78 is 47.6. The second-order valence-electron chi connectivity index (χ2n) is 5.97. The normalized spacial score (nSPS) is 14.2. The van der Waals surface area contributed by atoms with Crippen molar-refractivity contribution >= 4 is 15.5 Å². The molecule has 0 spiro atoms. The van der Waals surface area contributed by atoms with Crippen molar-refractivity contribution in [3.8, 4) is 0 Å². The molecule has 7 heteroatoms. The Morgan fingerprint density at radius 3 is 2.10 bits per heavy atom. The minimum atomic E-state index is -4.54. The molecule has 0 fully saturated rings. The minimum Gasteiger partial charge on any atom is -0.382 e. The Hall–Kier alpha value is -1.21. The van der Waals surface area contributed by atoms with Gasteiger partial charge in [0.2, 0.25) is 9.84 Å². The van der Waals surface area contributed by atoms with Crippen LogP contribution in [0, 0.1) is 5.41 Å². The van der Waals surface area contributed by atoms with Crippen LogP contribution in [0.3, 0.4) is 0 Å². The van der Waals surface area contributed by atoms with Gasteiger partial charge in [0.25, 0.3) is 0 Å². The molecule has 0 saturated carbocycles. The second-order valence-corrected chi connectivity index (χ2v) is 7.89. The number of anilines is 1. The molecular formula is C14H22F2N2O2S. The summed E-state index contributed by atoms with van der Waals surface area (Å²) in [5, 5.41) is 3.27. The van der Waals surface area contributed by atoms with Gasteiger partial charge in [-0.2, -0.15) is 8.78 Å². The van der Waals surface area contributed by atoms with E-state index >= 15 is 0 Å². The third-order valence-corrected chi connectivity index (χ3v) is 4.66. The smallest absolute Gasteiger partial charge is 0.341 e. The van der Waals surface area contributed by atoms with E-state index in [1.54, 1.807) is 0 Å². The van der Waals surface area contributed by atoms with Gasteiger partial charge < -0.3 is 11.1 Å². The van der Waals surface area contributed by atoms with Gasteiger partial charge in [0.1, 0.15) is 0 Å². The molecule has 0 heterocycles. The third kappa shape index (κ3) is 4.64. The summed E-state index contributed by atoms with van der Waals surface area (Å²) in [6.07, 6.45) is 0.751. The van der Waals surface area contributed by atoms with Gasteiger partial charge in [0, 0.05) is 11.7 Å². The highest BCUT2D eigenvalue weighted by Crippen LogP contribution is 2.26. The fourth-order valence-corrected chi connectivity index (χ4v) is 2.65. The number of halogens is 2. The summed E-state index contributed by atoms with van der Waals surface area (Å²) in [5.74, 6) is -3.41. The number of nitrogens with one attached hydrogen (secondary N) is 1. The zero-order chi connectivity index (χ0) is 16.3. The highest BCUT2D eigenvalue weighted by atomic mass is 32.2. The van der Waals surface area contributed by atoms with Crippen molar-refractivity contribution in [2.75, 3.05) is 11.9 Å². The predicted molar refractivity (Wildman–Crippen MR) is 80.2 cm³/mol. The maximum absolute atomic E-state index is 12.4. The third-order valence-electron chi connectivity index (χ3n) is 3.26. The maximum Gasteiger partial charge on any atom is 0.341 e. The van der Waals surface area contributed by atoms with Gasteiger partial charge in [-0.25, -0.2) is 8.42 Å². The highest BCUT2D eigenvalue weighted by Gasteiger charge is 2.27. The number of alkyl halides is 2. The lowest BCUT2D eigenvalue weighted by Crippen LogP contribution is -2.35. The molecule has 1 aromatic rings. The number of nitrogens with two attached hydrogens (primary N) is 1. The first kappa shape index (κ1) is 17.8. The Bertz CT molecular complexity index is 551. The average molecular weight is 320 g/mol. The Morgan fingerprint density at radius 1 is 1.19 bits per heavy atom. The van der Waals surface area contributed by atoms with Gasteiger partial charge in [-0.05, 0) is 42.6 Å². The molecule has 1 atom stereocenters. The zero-order valence-corrected chi connectivity index (χ0v) is 13.3. The number of sulfone groups is 1. The van der Waals surface area contributed by atoms with Crippen LogP contribution in [0.25, 0.3) is 0 Å². The fourth-order valence-electron chi connectivity index (χ4n) is 1.93. The van der Waals surface area contributed by atoms with E-state index in [1.807, 2.05) is 0 Å². The fraction of sp³-hybridized carbons (Fsp3) is 0.571. The van der Waals surface area contributed by atoms with Gasteiger partial charge in [-0.3, -0.25) is 0 Å². The van der Waals surface area contributed by atoms with E-state index in [0.29, 0.717) is 12.2 Å². The zero-order valence-electron chi connectivity index (χ0n) is 12.4. The Morgan fingerprint density at radius 2 is 1.71 bits per heavy atom. The van der Waals surface area contributed by atoms with Crippen LogP contribution >= 0.6 is 0 Å². The molecule has 1 rings (SSSR count). The lowest BCUT2D eigenvalue weighted by Gasteiger charge is -2.32. The summed E-state index contributed by atoms with van der Waals surface area (Å²) in [6, 6.07) is 5.45. The minimum absolute atomic E-state index is 0.0346. The van der Waals surface area contributed by atoms with Crippen LogP contribution in [0.2, 0.25) is 0 Å². The molecule has 120 valence electrons. The van der Waals surface area contributed by atoms with Crippen molar-refractivity contribution in [3.05, 3.63) is 24.3 Å². The quantitative estimate of drug-likeness (QED) is 0.845. The Kier molecular flexibility index (Phi) is 5.69. The summed E-state index contributed by atoms with van der Waals surface area (Å²) >= 11 is 0. The molecule has 1 aromatic carbocycles. The van der Waals surface area contributed by atoms with Crippen LogP contribution in [0.4, 0.5) is 14.5 Å². The van der Waals surface area contributed by atoms with Crippen LogP contribution < -0.4 is 11.1 Å². The first-order valence-corrected chi connectivity index (χ1v) is 8.22. The maximum atomic E-state index is 12.4. The van der Waals surface area contributed by atoms with Gasteiger partial charge in [0.05, 0.1) is 4.90 Å². The molecule has 0 aliphatic rings. The van der Waals surface area contributed by atoms with E-state index in [1.165, 1.54) is 24.3 Å². The van der Waals surface area contributed by atoms with E-state index in [2.05, 4.69) is 26.1 Å². The summed E-state index contributed by atoms with van der Waals surface area (Å²) in [6.45, 7) is 6.72. The summed E-state index contributed by atoms with van der Waals surface area (Å²) in [4.78, 5) is -0.380. The van der Waals surface area contributed by atoms with Crippen LogP contribution in [0.15, 0.2) is 29.2 Å². The molecule has 0 bridgehead atoms. The topological polar surface area (TPSA) is 72.2 Å². The molecule has 0 saturated heterocycles. The van der Waals surface area contributed by atoms with Crippen LogP contribution in [-0.2, 0) is 9.84 Å². The molecule has 0 aliphatic carbocycles. The van der Waals surface area contributed by atoms with Gasteiger partial charge in [-0.15, -0.1) is 0 Å². The van der Waals surface area contributed by atoms with Gasteiger partial charge in [-0.1, -0.05) is 20.8 Å². The Labute approximate surface area is 124 Å². The van der Waals surface area contributed by atoms with E-state index < -0.39 is 15.6 Å². The largest absolute Gasteiger partial charge is 0.382 e. The summed E-state index contributed by atoms with van der Waals surface area (Å²) in [7, 11) is -4.54. The van der Waals surface area contributed by atoms with Crippen molar-refractivity contribution in [2.45, 2.75) is 43.9 Å². The standard InChI is InChI=1S/C14H22F2N2O2S/c1-14(2,3)12(8-9-17)18-10-4-6-11(7-5-10)21(19,20)13(15)16/h4-7,12-13,18H,8-9,17H2,1-3H3. The predicted octanol–water partition coefficient (Wildman–Crippen LogP) is 2.86. The Balaban J connectivity index is 2.93. The highest BCUT2D eigenvalue weighted by molar-refractivity contribution is 7.91. The van der Waals surface area contributed by atoms with Crippen LogP contribution in [0.5, 0.6) is 0 Å². The molecule has 3 N–H and O–H groups in total. The first-order valence-electron chi connectivity index (χ1n) is 6.67. The van der Waals surface area contributed by atoms with Crippen LogP contribution in [-0.4, -0.2) is 26.8 Å². The number of rotatable bonds is 6. The number of hydrogen-bond donors (Lipinski definition) is 2. The van der Waals surface area contributed by atoms with Crippen molar-refractivity contribution in [3.63, 3.8) is 0 Å². The first-order chi connectivity index (χ1) is 9.59. The van der Waals surface area contributed by atoms with Crippen molar-refractivity contribution in [1.82, 2.24) is 0 Å². The van der Waals surface area contributed by atoms with E-state index in [0.717, 1.165) is 6.42 Å². The molecule has 0 aromatic heterocycles. The summed E-state index contributed by atoms with van der Waals surface area (Å²) in [5.41, 5.74) is 6.23. The molecule has 21 heavy (non-hydrogen) atoms. The molecule has 4 nitrogen and oxygen atoms in total. The van der Waals surface area contributed by atoms with Crippen LogP contribution in [0.1, 0.15) is 27.2 Å². The van der Waals surface area contributed by atoms with E-state index in [-0.39, 0.29) is 16.4 Å². The molecule has 0 aliphatic heterocycles. The second kappa shape index (κ2) is 6.70. The molecule has 0 radical (unpaired) electrons. The molecule has 0 amide bonds. The average Bonchev–Trinajstić information content (AvgIpc) is 2.37. The lowest BCUT2D eigenvalue weighted by atomic mass is 9.84. The molecule has 1 unspecified atom stereocenters. The van der Waals surface area contributed by atoms with Crippen molar-refractivity contribution in [2.24, 2.45) is 11.1 Å². The van der Waals surface area contributed by atoms with Crippen molar-refractivity contribution < 1.29 is 17.2 Å². The number of hydrogen-bond acceptors (Lipinski definition) is 4. The number of benzene rings is 1. The van der Waals surface area contributed by atoms with Gasteiger partial charge in [0.15, 0.2) is 0 Å². The molecular weight excluding hydrogens is 298 g/mol. The SMILES string of the molecule is CC(C)(C)C(CCN)Nc1ccc(S(=O)(=O)C(F)F)cc1. The van der Waals surface area contributed by atoms with Crippen molar-refractivity contribution in [1.29, 1.82) is 0 Å².